The Morgan fingerprint density at radius 2 is 1.57 bits per heavy atom. The Morgan fingerprint density at radius 1 is 0.857 bits per heavy atom. The highest BCUT2D eigenvalue weighted by molar-refractivity contribution is 6.18. The van der Waals surface area contributed by atoms with E-state index in [1.54, 1.807) is 12.1 Å². The van der Waals surface area contributed by atoms with Gasteiger partial charge in [-0.1, -0.05) is 110 Å². The van der Waals surface area contributed by atoms with Gasteiger partial charge < -0.3 is 10.2 Å². The third-order valence-corrected chi connectivity index (χ3v) is 9.17. The van der Waals surface area contributed by atoms with Crippen LogP contribution in [0.3, 0.4) is 0 Å². The van der Waals surface area contributed by atoms with E-state index in [4.69, 9.17) is 0 Å². The molecule has 0 saturated carbocycles. The third kappa shape index (κ3) is 3.73. The first-order chi connectivity index (χ1) is 20.4. The number of benzene rings is 4. The van der Waals surface area contributed by atoms with Crippen molar-refractivity contribution >= 4 is 34.9 Å². The summed E-state index contributed by atoms with van der Waals surface area (Å²) < 4.78 is 0. The molecule has 1 amide bonds. The predicted molar refractivity (Wildman–Crippen MR) is 166 cm³/mol. The maximum Gasteiger partial charge on any atom is 0.238 e. The first-order valence-corrected chi connectivity index (χ1v) is 14.7. The maximum atomic E-state index is 14.9. The van der Waals surface area contributed by atoms with E-state index in [0.717, 1.165) is 40.8 Å². The van der Waals surface area contributed by atoms with Crippen LogP contribution in [0.4, 0.5) is 11.4 Å². The molecule has 1 saturated heterocycles. The summed E-state index contributed by atoms with van der Waals surface area (Å²) in [4.78, 5) is 46.1. The molecule has 1 N–H and O–H groups in total. The van der Waals surface area contributed by atoms with E-state index in [2.05, 4.69) is 23.2 Å². The van der Waals surface area contributed by atoms with Gasteiger partial charge in [-0.15, -0.1) is 0 Å². The van der Waals surface area contributed by atoms with Crippen LogP contribution in [0, 0.1) is 12.8 Å². The monoisotopic (exact) mass is 552 g/mol. The van der Waals surface area contributed by atoms with Crippen LogP contribution in [-0.4, -0.2) is 29.6 Å². The van der Waals surface area contributed by atoms with Gasteiger partial charge in [0, 0.05) is 22.5 Å². The third-order valence-electron chi connectivity index (χ3n) is 9.17. The summed E-state index contributed by atoms with van der Waals surface area (Å²) in [6, 6.07) is 29.1. The van der Waals surface area contributed by atoms with Crippen molar-refractivity contribution in [1.29, 1.82) is 0 Å². The van der Waals surface area contributed by atoms with Gasteiger partial charge in [0.1, 0.15) is 11.5 Å². The van der Waals surface area contributed by atoms with Gasteiger partial charge in [-0.25, -0.2) is 0 Å². The number of carbonyl (C=O) groups is 3. The molecule has 0 aliphatic carbocycles. The minimum absolute atomic E-state index is 0.169. The van der Waals surface area contributed by atoms with Crippen molar-refractivity contribution < 1.29 is 14.4 Å². The fourth-order valence-corrected chi connectivity index (χ4v) is 7.38. The average Bonchev–Trinajstić information content (AvgIpc) is 3.49. The molecule has 4 atom stereocenters. The van der Waals surface area contributed by atoms with E-state index in [0.29, 0.717) is 16.8 Å². The largest absolute Gasteiger partial charge is 0.352 e. The Balaban J connectivity index is 1.50. The zero-order valence-corrected chi connectivity index (χ0v) is 23.7. The lowest BCUT2D eigenvalue weighted by molar-refractivity contribution is -0.121. The number of nitrogens with one attached hydrogen (secondary N) is 1. The molecular formula is C37H32N2O3. The number of anilines is 2. The normalized spacial score (nSPS) is 23.3. The summed E-state index contributed by atoms with van der Waals surface area (Å²) in [6.07, 6.45) is 5.98. The number of carbonyl (C=O) groups excluding carboxylic acids is 3. The molecule has 1 fully saturated rings. The minimum Gasteiger partial charge on any atom is -0.352 e. The van der Waals surface area contributed by atoms with Crippen LogP contribution in [-0.2, 0) is 16.6 Å². The molecular weight excluding hydrogens is 520 g/mol. The summed E-state index contributed by atoms with van der Waals surface area (Å²) >= 11 is 0. The number of nitrogens with zero attached hydrogens (tertiary/aromatic N) is 1. The van der Waals surface area contributed by atoms with Crippen molar-refractivity contribution in [2.75, 3.05) is 10.2 Å². The molecule has 1 spiro atoms. The number of rotatable bonds is 6. The molecule has 4 aromatic rings. The number of hydrogen-bond acceptors (Lipinski definition) is 4. The lowest BCUT2D eigenvalue weighted by atomic mass is 9.64. The maximum absolute atomic E-state index is 14.9. The fraction of sp³-hybridized carbons (Fsp3) is 0.216. The van der Waals surface area contributed by atoms with Crippen molar-refractivity contribution in [2.45, 2.75) is 44.2 Å². The van der Waals surface area contributed by atoms with E-state index in [1.165, 1.54) is 0 Å². The van der Waals surface area contributed by atoms with Crippen LogP contribution in [0.5, 0.6) is 0 Å². The van der Waals surface area contributed by atoms with Crippen LogP contribution >= 0.6 is 0 Å². The average molecular weight is 553 g/mol. The molecule has 5 nitrogen and oxygen atoms in total. The Labute approximate surface area is 245 Å². The molecule has 3 aliphatic heterocycles. The smallest absolute Gasteiger partial charge is 0.238 e. The number of para-hydroxylation sites is 1. The molecule has 5 heteroatoms. The highest BCUT2D eigenvalue weighted by Gasteiger charge is 2.70. The molecule has 42 heavy (non-hydrogen) atoms. The zero-order valence-electron chi connectivity index (χ0n) is 23.7. The second-order valence-electron chi connectivity index (χ2n) is 11.6. The SMILES string of the molecule is CCCc1ccc(C(=O)[C@@H]2[C@H](C(=O)c3ccccc3)N3c4ccc(C)cc4C=C[C@@H]3[C@]23C(=O)Nc2ccccc23)cc1. The van der Waals surface area contributed by atoms with E-state index >= 15 is 0 Å². The standard InChI is InChI=1S/C37H32N2O3/c1-3-9-24-15-17-26(18-16-24)34(40)32-33(35(41)25-10-5-4-6-11-25)39-30-20-14-23(2)22-27(30)19-21-31(39)37(32)28-12-7-8-13-29(28)38-36(37)42/h4-8,10-22,31-33H,3,9H2,1-2H3,(H,38,42)/t31-,32+,33-,37+/m1/s1. The summed E-state index contributed by atoms with van der Waals surface area (Å²) in [7, 11) is 0. The van der Waals surface area contributed by atoms with Gasteiger partial charge in [0.15, 0.2) is 11.6 Å². The number of ketones is 2. The number of Topliss-reactive ketones (excluding diaryl/α,β-unsaturated/α-hetero) is 2. The molecule has 7 rings (SSSR count). The number of aryl methyl sites for hydroxylation is 2. The number of hydrogen-bond donors (Lipinski definition) is 1. The highest BCUT2D eigenvalue weighted by atomic mass is 16.2. The molecule has 4 aromatic carbocycles. The van der Waals surface area contributed by atoms with Crippen LogP contribution in [0.25, 0.3) is 6.08 Å². The summed E-state index contributed by atoms with van der Waals surface area (Å²) in [6.45, 7) is 4.16. The molecule has 0 unspecified atom stereocenters. The lowest BCUT2D eigenvalue weighted by Gasteiger charge is -2.37. The van der Waals surface area contributed by atoms with Gasteiger partial charge in [-0.2, -0.15) is 0 Å². The molecule has 3 heterocycles. The molecule has 0 bridgehead atoms. The highest BCUT2D eigenvalue weighted by Crippen LogP contribution is 2.58. The van der Waals surface area contributed by atoms with Crippen molar-refractivity contribution in [2.24, 2.45) is 5.92 Å². The Hall–Kier alpha value is -4.77. The Kier molecular flexibility index (Phi) is 6.19. The first kappa shape index (κ1) is 26.1. The molecule has 208 valence electrons. The van der Waals surface area contributed by atoms with E-state index in [1.807, 2.05) is 97.9 Å². The van der Waals surface area contributed by atoms with Gasteiger partial charge in [0.2, 0.25) is 5.91 Å². The summed E-state index contributed by atoms with van der Waals surface area (Å²) in [5.41, 5.74) is 5.25. The van der Waals surface area contributed by atoms with Crippen molar-refractivity contribution in [3.8, 4) is 0 Å². The van der Waals surface area contributed by atoms with Crippen LogP contribution in [0.2, 0.25) is 0 Å². The number of fused-ring (bicyclic) bond motifs is 6. The minimum atomic E-state index is -1.30. The summed E-state index contributed by atoms with van der Waals surface area (Å²) in [5, 5.41) is 3.09. The molecule has 3 aliphatic rings. The first-order valence-electron chi connectivity index (χ1n) is 14.7. The van der Waals surface area contributed by atoms with Gasteiger partial charge in [-0.3, -0.25) is 14.4 Å². The quantitative estimate of drug-likeness (QED) is 0.267. The topological polar surface area (TPSA) is 66.5 Å². The van der Waals surface area contributed by atoms with Crippen LogP contribution < -0.4 is 10.2 Å². The van der Waals surface area contributed by atoms with Crippen LogP contribution in [0.15, 0.2) is 103 Å². The Morgan fingerprint density at radius 3 is 2.33 bits per heavy atom. The Bertz CT molecular complexity index is 1760. The van der Waals surface area contributed by atoms with Gasteiger partial charge >= 0.3 is 0 Å². The van der Waals surface area contributed by atoms with E-state index in [-0.39, 0.29) is 17.5 Å². The second kappa shape index (κ2) is 9.95. The van der Waals surface area contributed by atoms with Crippen molar-refractivity contribution in [3.05, 3.63) is 137 Å². The molecule has 0 aromatic heterocycles. The molecule has 0 radical (unpaired) electrons. The van der Waals surface area contributed by atoms with Crippen LogP contribution in [0.1, 0.15) is 56.3 Å². The van der Waals surface area contributed by atoms with E-state index in [9.17, 15) is 14.4 Å². The summed E-state index contributed by atoms with van der Waals surface area (Å²) in [5.74, 6) is -1.58. The number of amides is 1. The second-order valence-corrected chi connectivity index (χ2v) is 11.6. The van der Waals surface area contributed by atoms with E-state index < -0.39 is 23.4 Å². The van der Waals surface area contributed by atoms with Crippen molar-refractivity contribution in [1.82, 2.24) is 0 Å². The predicted octanol–water partition coefficient (Wildman–Crippen LogP) is 6.80. The van der Waals surface area contributed by atoms with Crippen molar-refractivity contribution in [3.63, 3.8) is 0 Å². The lowest BCUT2D eigenvalue weighted by Crippen LogP contribution is -2.51. The van der Waals surface area contributed by atoms with Gasteiger partial charge in [0.05, 0.1) is 12.0 Å². The van der Waals surface area contributed by atoms with Gasteiger partial charge in [-0.05, 0) is 48.2 Å². The fourth-order valence-electron chi connectivity index (χ4n) is 7.38. The van der Waals surface area contributed by atoms with Gasteiger partial charge in [0.25, 0.3) is 0 Å². The zero-order chi connectivity index (χ0) is 29.0.